The van der Waals surface area contributed by atoms with Gasteiger partial charge in [0.05, 0.1) is 0 Å². The van der Waals surface area contributed by atoms with E-state index in [4.69, 9.17) is 5.73 Å². The summed E-state index contributed by atoms with van der Waals surface area (Å²) < 4.78 is 0. The second-order valence-electron chi connectivity index (χ2n) is 12.7. The van der Waals surface area contributed by atoms with Crippen molar-refractivity contribution in [3.63, 3.8) is 0 Å². The van der Waals surface area contributed by atoms with Gasteiger partial charge in [-0.25, -0.2) is 15.1 Å². The Kier molecular flexibility index (Phi) is 30.6. The van der Waals surface area contributed by atoms with E-state index < -0.39 is 11.0 Å². The topological polar surface area (TPSA) is 140 Å². The lowest BCUT2D eigenvalue weighted by atomic mass is 9.93. The van der Waals surface area contributed by atoms with Gasteiger partial charge in [-0.1, -0.05) is 154 Å². The van der Waals surface area contributed by atoms with Crippen LogP contribution in [-0.4, -0.2) is 35.8 Å². The Morgan fingerprint density at radius 2 is 1.11 bits per heavy atom. The van der Waals surface area contributed by atoms with Crippen LogP contribution in [0.15, 0.2) is 4.99 Å². The molecule has 0 bridgehead atoms. The van der Waals surface area contributed by atoms with Gasteiger partial charge < -0.3 is 11.1 Å². The van der Waals surface area contributed by atoms with Gasteiger partial charge in [0.15, 0.2) is 5.03 Å². The molecule has 0 heterocycles. The van der Waals surface area contributed by atoms with E-state index >= 15 is 0 Å². The molecule has 0 aliphatic heterocycles. The molecule has 0 spiro atoms. The first-order chi connectivity index (χ1) is 21.4. The minimum atomic E-state index is -0.755. The van der Waals surface area contributed by atoms with E-state index in [1.54, 1.807) is 0 Å². The molecule has 0 aliphatic rings. The summed E-state index contributed by atoms with van der Waals surface area (Å²) in [7, 11) is 0. The standard InChI is InChI=1S/C35H69N5O4/c1-3-5-7-9-11-12-13-14-15-16-17-18-19-20-21-22-24-28-33(41)31-32(27-26-30-38-35(36)39-40(43)44)34(42)37-29-25-23-10-8-6-4-2/h32H,3-31H2,1-2H3,(H,37,42)(H3,36,38,39)/t32-/m1/s1. The summed E-state index contributed by atoms with van der Waals surface area (Å²) in [6.45, 7) is 5.36. The molecule has 0 aliphatic carbocycles. The fourth-order valence-corrected chi connectivity index (χ4v) is 5.68. The van der Waals surface area contributed by atoms with E-state index in [2.05, 4.69) is 24.2 Å². The lowest BCUT2D eigenvalue weighted by Crippen LogP contribution is -2.36. The molecule has 1 amide bonds. The van der Waals surface area contributed by atoms with Crippen LogP contribution in [0.3, 0.4) is 0 Å². The second-order valence-corrected chi connectivity index (χ2v) is 12.7. The molecule has 9 nitrogen and oxygen atoms in total. The summed E-state index contributed by atoms with van der Waals surface area (Å²) >= 11 is 0. The molecular formula is C35H69N5O4. The molecule has 0 aromatic heterocycles. The highest BCUT2D eigenvalue weighted by atomic mass is 16.7. The van der Waals surface area contributed by atoms with Crippen molar-refractivity contribution in [3.8, 4) is 0 Å². The molecule has 258 valence electrons. The molecule has 0 saturated carbocycles. The fraction of sp³-hybridized carbons (Fsp3) is 0.914. The minimum absolute atomic E-state index is 0.0744. The average molecular weight is 624 g/mol. The minimum Gasteiger partial charge on any atom is -0.365 e. The number of hydrogen-bond donors (Lipinski definition) is 3. The maximum Gasteiger partial charge on any atom is 0.251 e. The van der Waals surface area contributed by atoms with Gasteiger partial charge >= 0.3 is 0 Å². The van der Waals surface area contributed by atoms with E-state index in [0.29, 0.717) is 25.8 Å². The van der Waals surface area contributed by atoms with Gasteiger partial charge in [0.2, 0.25) is 5.91 Å². The van der Waals surface area contributed by atoms with Gasteiger partial charge in [0, 0.05) is 31.8 Å². The summed E-state index contributed by atoms with van der Waals surface area (Å²) in [4.78, 5) is 40.0. The molecule has 44 heavy (non-hydrogen) atoms. The van der Waals surface area contributed by atoms with E-state index in [9.17, 15) is 19.7 Å². The molecular weight excluding hydrogens is 554 g/mol. The number of nitrogens with one attached hydrogen (secondary N) is 2. The number of hydrogen-bond acceptors (Lipinski definition) is 5. The third kappa shape index (κ3) is 29.9. The number of amides is 1. The fourth-order valence-electron chi connectivity index (χ4n) is 5.68. The zero-order chi connectivity index (χ0) is 32.5. The SMILES string of the molecule is CCCCCCCCCCCCCCCCCCCC(=O)C[C@@H](CCCN=C(N)N[N+](=O)[O-])C(=O)NCCCCCCCC. The molecule has 0 saturated heterocycles. The van der Waals surface area contributed by atoms with Crippen molar-refractivity contribution >= 4 is 17.6 Å². The number of guanidine groups is 1. The predicted octanol–water partition coefficient (Wildman–Crippen LogP) is 8.96. The smallest absolute Gasteiger partial charge is 0.251 e. The van der Waals surface area contributed by atoms with Crippen molar-refractivity contribution in [1.82, 2.24) is 10.7 Å². The van der Waals surface area contributed by atoms with E-state index in [1.165, 1.54) is 122 Å². The summed E-state index contributed by atoms with van der Waals surface area (Å²) in [5.41, 5.74) is 7.29. The van der Waals surface area contributed by atoms with Gasteiger partial charge in [0.1, 0.15) is 5.78 Å². The van der Waals surface area contributed by atoms with Crippen molar-refractivity contribution in [1.29, 1.82) is 0 Å². The monoisotopic (exact) mass is 624 g/mol. The van der Waals surface area contributed by atoms with Crippen molar-refractivity contribution < 1.29 is 14.6 Å². The van der Waals surface area contributed by atoms with Crippen LogP contribution in [0, 0.1) is 16.0 Å². The van der Waals surface area contributed by atoms with Crippen LogP contribution in [0.4, 0.5) is 0 Å². The van der Waals surface area contributed by atoms with Gasteiger partial charge in [-0.05, 0) is 25.7 Å². The number of nitrogens with zero attached hydrogens (tertiary/aromatic N) is 2. The van der Waals surface area contributed by atoms with Crippen LogP contribution in [0.5, 0.6) is 0 Å². The number of Topliss-reactive ketones (excluding diaryl/α,β-unsaturated/α-hetero) is 1. The zero-order valence-corrected chi connectivity index (χ0v) is 28.7. The van der Waals surface area contributed by atoms with Gasteiger partial charge in [-0.15, -0.1) is 0 Å². The second kappa shape index (κ2) is 32.2. The van der Waals surface area contributed by atoms with Gasteiger partial charge in [-0.3, -0.25) is 9.59 Å². The highest BCUT2D eigenvalue weighted by Gasteiger charge is 2.21. The molecule has 0 radical (unpaired) electrons. The first kappa shape index (κ1) is 41.8. The summed E-state index contributed by atoms with van der Waals surface area (Å²) in [6, 6.07) is 0. The molecule has 0 aromatic carbocycles. The normalized spacial score (nSPS) is 12.3. The number of unbranched alkanes of at least 4 members (excludes halogenated alkanes) is 21. The van der Waals surface area contributed by atoms with E-state index in [1.807, 2.05) is 5.43 Å². The molecule has 1 atom stereocenters. The maximum absolute atomic E-state index is 12.9. The van der Waals surface area contributed by atoms with Crippen LogP contribution in [-0.2, 0) is 9.59 Å². The number of carbonyl (C=O) groups excluding carboxylic acids is 2. The lowest BCUT2D eigenvalue weighted by Gasteiger charge is -2.16. The molecule has 0 fully saturated rings. The molecule has 0 unspecified atom stereocenters. The van der Waals surface area contributed by atoms with Crippen molar-refractivity contribution in [2.75, 3.05) is 13.1 Å². The zero-order valence-electron chi connectivity index (χ0n) is 28.7. The summed E-state index contributed by atoms with van der Waals surface area (Å²) in [5.74, 6) is -0.583. The average Bonchev–Trinajstić information content (AvgIpc) is 2.99. The number of rotatable bonds is 33. The first-order valence-corrected chi connectivity index (χ1v) is 18.4. The van der Waals surface area contributed by atoms with Crippen molar-refractivity contribution in [2.24, 2.45) is 16.6 Å². The Bertz CT molecular complexity index is 732. The Balaban J connectivity index is 4.11. The summed E-state index contributed by atoms with van der Waals surface area (Å²) in [6.07, 6.45) is 31.0. The lowest BCUT2D eigenvalue weighted by molar-refractivity contribution is -0.525. The number of ketones is 1. The molecule has 4 N–H and O–H groups in total. The number of nitro groups is 1. The largest absolute Gasteiger partial charge is 0.365 e. The van der Waals surface area contributed by atoms with Crippen LogP contribution in [0.2, 0.25) is 0 Å². The maximum atomic E-state index is 12.9. The van der Waals surface area contributed by atoms with Crippen LogP contribution < -0.4 is 16.5 Å². The van der Waals surface area contributed by atoms with Crippen LogP contribution >= 0.6 is 0 Å². The molecule has 9 heteroatoms. The highest BCUT2D eigenvalue weighted by Crippen LogP contribution is 2.17. The van der Waals surface area contributed by atoms with Crippen LogP contribution in [0.1, 0.15) is 187 Å². The quantitative estimate of drug-likeness (QED) is 0.0219. The number of hydrazine groups is 1. The van der Waals surface area contributed by atoms with Crippen molar-refractivity contribution in [2.45, 2.75) is 187 Å². The number of nitrogens with two attached hydrogens (primary N) is 1. The van der Waals surface area contributed by atoms with Gasteiger partial charge in [-0.2, -0.15) is 0 Å². The molecule has 0 aromatic rings. The Labute approximate surface area is 269 Å². The van der Waals surface area contributed by atoms with E-state index in [0.717, 1.165) is 25.7 Å². The predicted molar refractivity (Wildman–Crippen MR) is 184 cm³/mol. The number of aliphatic imine (C=N–C) groups is 1. The highest BCUT2D eigenvalue weighted by molar-refractivity contribution is 5.86. The van der Waals surface area contributed by atoms with Crippen LogP contribution in [0.25, 0.3) is 0 Å². The molecule has 0 rings (SSSR count). The first-order valence-electron chi connectivity index (χ1n) is 18.4. The third-order valence-corrected chi connectivity index (χ3v) is 8.43. The Hall–Kier alpha value is -2.19. The van der Waals surface area contributed by atoms with E-state index in [-0.39, 0.29) is 30.6 Å². The number of carbonyl (C=O) groups is 2. The summed E-state index contributed by atoms with van der Waals surface area (Å²) in [5, 5.41) is 12.7. The Morgan fingerprint density at radius 1 is 0.682 bits per heavy atom. The third-order valence-electron chi connectivity index (χ3n) is 8.43. The Morgan fingerprint density at radius 3 is 1.57 bits per heavy atom. The van der Waals surface area contributed by atoms with Gasteiger partial charge in [0.25, 0.3) is 5.96 Å². The van der Waals surface area contributed by atoms with Crippen molar-refractivity contribution in [3.05, 3.63) is 10.1 Å².